The lowest BCUT2D eigenvalue weighted by Crippen LogP contribution is -2.34. The van der Waals surface area contributed by atoms with Gasteiger partial charge in [-0.05, 0) is 31.0 Å². The zero-order valence-electron chi connectivity index (χ0n) is 14.7. The number of halogens is 2. The molecule has 24 heavy (non-hydrogen) atoms. The number of carbonyl (C=O) groups is 1. The van der Waals surface area contributed by atoms with E-state index in [9.17, 15) is 4.79 Å². The first-order valence-corrected chi connectivity index (χ1v) is 8.44. The minimum atomic E-state index is -0.199. The molecule has 6 heteroatoms. The molecule has 1 aliphatic rings. The minimum Gasteiger partial charge on any atom is -0.342 e. The van der Waals surface area contributed by atoms with E-state index in [0.717, 1.165) is 44.7 Å². The van der Waals surface area contributed by atoms with Gasteiger partial charge in [0.05, 0.1) is 0 Å². The third-order valence-electron chi connectivity index (χ3n) is 4.67. The summed E-state index contributed by atoms with van der Waals surface area (Å²) in [5, 5.41) is 0. The maximum Gasteiger partial charge on any atom is 0.224 e. The van der Waals surface area contributed by atoms with Gasteiger partial charge in [-0.25, -0.2) is 0 Å². The summed E-state index contributed by atoms with van der Waals surface area (Å²) in [5.41, 5.74) is 7.20. The molecular weight excluding hydrogens is 345 g/mol. The molecule has 0 bridgehead atoms. The van der Waals surface area contributed by atoms with Crippen molar-refractivity contribution in [3.05, 3.63) is 35.9 Å². The van der Waals surface area contributed by atoms with Gasteiger partial charge in [0.15, 0.2) is 0 Å². The normalized spacial score (nSPS) is 18.0. The molecule has 0 aliphatic carbocycles. The molecule has 2 rings (SSSR count). The quantitative estimate of drug-likeness (QED) is 0.796. The summed E-state index contributed by atoms with van der Waals surface area (Å²) in [6.45, 7) is 9.42. The predicted octanol–water partition coefficient (Wildman–Crippen LogP) is 3.11. The van der Waals surface area contributed by atoms with Crippen LogP contribution in [0.1, 0.15) is 38.3 Å². The zero-order valence-corrected chi connectivity index (χ0v) is 16.3. The summed E-state index contributed by atoms with van der Waals surface area (Å²) in [4.78, 5) is 16.9. The van der Waals surface area contributed by atoms with E-state index in [1.807, 2.05) is 35.2 Å². The van der Waals surface area contributed by atoms with Crippen LogP contribution in [0.4, 0.5) is 0 Å². The van der Waals surface area contributed by atoms with Crippen LogP contribution in [0.3, 0.4) is 0 Å². The van der Waals surface area contributed by atoms with Gasteiger partial charge in [0, 0.05) is 32.1 Å². The molecule has 2 atom stereocenters. The topological polar surface area (TPSA) is 49.6 Å². The van der Waals surface area contributed by atoms with Gasteiger partial charge in [-0.2, -0.15) is 0 Å². The Morgan fingerprint density at radius 2 is 1.88 bits per heavy atom. The van der Waals surface area contributed by atoms with Crippen molar-refractivity contribution in [3.8, 4) is 0 Å². The molecule has 1 saturated heterocycles. The maximum absolute atomic E-state index is 12.4. The standard InChI is InChI=1S/C18H29N3O.2ClH/c1-3-20(4-2)13-15-10-11-21(14-15)18(22)12-17(19)16-8-6-5-7-9-16;;/h5-9,15,17H,3-4,10-14,19H2,1-2H3;2*1H. The molecule has 138 valence electrons. The van der Waals surface area contributed by atoms with Crippen molar-refractivity contribution >= 4 is 30.7 Å². The molecule has 2 N–H and O–H groups in total. The Morgan fingerprint density at radius 3 is 2.46 bits per heavy atom. The van der Waals surface area contributed by atoms with Crippen LogP contribution in [0.15, 0.2) is 30.3 Å². The molecule has 0 saturated carbocycles. The number of benzene rings is 1. The third-order valence-corrected chi connectivity index (χ3v) is 4.67. The van der Waals surface area contributed by atoms with E-state index < -0.39 is 0 Å². The lowest BCUT2D eigenvalue weighted by molar-refractivity contribution is -0.130. The first kappa shape index (κ1) is 23.2. The van der Waals surface area contributed by atoms with Crippen molar-refractivity contribution in [1.29, 1.82) is 0 Å². The highest BCUT2D eigenvalue weighted by molar-refractivity contribution is 5.85. The van der Waals surface area contributed by atoms with Gasteiger partial charge >= 0.3 is 0 Å². The summed E-state index contributed by atoms with van der Waals surface area (Å²) in [6.07, 6.45) is 1.52. The Kier molecular flexibility index (Phi) is 11.3. The summed E-state index contributed by atoms with van der Waals surface area (Å²) >= 11 is 0. The molecular formula is C18H31Cl2N3O. The van der Waals surface area contributed by atoms with Crippen molar-refractivity contribution in [1.82, 2.24) is 9.80 Å². The van der Waals surface area contributed by atoms with Gasteiger partial charge in [0.25, 0.3) is 0 Å². The van der Waals surface area contributed by atoms with E-state index in [1.54, 1.807) is 0 Å². The molecule has 0 spiro atoms. The SMILES string of the molecule is CCN(CC)CC1CCN(C(=O)CC(N)c2ccccc2)C1.Cl.Cl. The van der Waals surface area contributed by atoms with E-state index >= 15 is 0 Å². The lowest BCUT2D eigenvalue weighted by atomic mass is 10.0. The van der Waals surface area contributed by atoms with Gasteiger partial charge in [-0.3, -0.25) is 4.79 Å². The van der Waals surface area contributed by atoms with Crippen LogP contribution in [0, 0.1) is 5.92 Å². The molecule has 0 radical (unpaired) electrons. The van der Waals surface area contributed by atoms with Crippen molar-refractivity contribution in [3.63, 3.8) is 0 Å². The van der Waals surface area contributed by atoms with Crippen molar-refractivity contribution < 1.29 is 4.79 Å². The summed E-state index contributed by atoms with van der Waals surface area (Å²) in [7, 11) is 0. The first-order valence-electron chi connectivity index (χ1n) is 8.44. The largest absolute Gasteiger partial charge is 0.342 e. The van der Waals surface area contributed by atoms with Crippen LogP contribution >= 0.6 is 24.8 Å². The van der Waals surface area contributed by atoms with E-state index in [0.29, 0.717) is 12.3 Å². The molecule has 2 unspecified atom stereocenters. The predicted molar refractivity (Wildman–Crippen MR) is 105 cm³/mol. The second-order valence-corrected chi connectivity index (χ2v) is 6.20. The van der Waals surface area contributed by atoms with Crippen LogP contribution in [0.2, 0.25) is 0 Å². The highest BCUT2D eigenvalue weighted by atomic mass is 35.5. The monoisotopic (exact) mass is 375 g/mol. The van der Waals surface area contributed by atoms with E-state index in [2.05, 4.69) is 18.7 Å². The maximum atomic E-state index is 12.4. The number of nitrogens with two attached hydrogens (primary N) is 1. The highest BCUT2D eigenvalue weighted by Crippen LogP contribution is 2.21. The third kappa shape index (κ3) is 6.60. The average molecular weight is 376 g/mol. The van der Waals surface area contributed by atoms with E-state index in [4.69, 9.17) is 5.73 Å². The van der Waals surface area contributed by atoms with E-state index in [1.165, 1.54) is 0 Å². The summed E-state index contributed by atoms with van der Waals surface area (Å²) < 4.78 is 0. The van der Waals surface area contributed by atoms with Crippen LogP contribution < -0.4 is 5.73 Å². The van der Waals surface area contributed by atoms with Crippen LogP contribution in [0.25, 0.3) is 0 Å². The number of nitrogens with zero attached hydrogens (tertiary/aromatic N) is 2. The van der Waals surface area contributed by atoms with Gasteiger partial charge in [0.1, 0.15) is 0 Å². The van der Waals surface area contributed by atoms with E-state index in [-0.39, 0.29) is 36.8 Å². The van der Waals surface area contributed by atoms with Gasteiger partial charge in [-0.15, -0.1) is 24.8 Å². The Bertz CT molecular complexity index is 469. The number of amides is 1. The Hall–Kier alpha value is -0.810. The molecule has 1 amide bonds. The molecule has 1 heterocycles. The number of hydrogen-bond donors (Lipinski definition) is 1. The molecule has 1 aromatic rings. The van der Waals surface area contributed by atoms with Gasteiger partial charge in [0.2, 0.25) is 5.91 Å². The summed E-state index contributed by atoms with van der Waals surface area (Å²) in [6, 6.07) is 9.69. The fraction of sp³-hybridized carbons (Fsp3) is 0.611. The van der Waals surface area contributed by atoms with Crippen LogP contribution in [-0.4, -0.2) is 48.4 Å². The van der Waals surface area contributed by atoms with Gasteiger partial charge in [-0.1, -0.05) is 44.2 Å². The molecule has 1 aromatic carbocycles. The van der Waals surface area contributed by atoms with Gasteiger partial charge < -0.3 is 15.5 Å². The first-order chi connectivity index (χ1) is 10.6. The molecule has 0 aromatic heterocycles. The lowest BCUT2D eigenvalue weighted by Gasteiger charge is -2.23. The molecule has 1 fully saturated rings. The number of carbonyl (C=O) groups excluding carboxylic acids is 1. The second kappa shape index (κ2) is 11.7. The van der Waals surface area contributed by atoms with Crippen molar-refractivity contribution in [2.24, 2.45) is 11.7 Å². The fourth-order valence-corrected chi connectivity index (χ4v) is 3.19. The van der Waals surface area contributed by atoms with Crippen LogP contribution in [0.5, 0.6) is 0 Å². The Labute approximate surface area is 158 Å². The average Bonchev–Trinajstić information content (AvgIpc) is 3.02. The smallest absolute Gasteiger partial charge is 0.224 e. The van der Waals surface area contributed by atoms with Crippen LogP contribution in [-0.2, 0) is 4.79 Å². The molecule has 4 nitrogen and oxygen atoms in total. The number of hydrogen-bond acceptors (Lipinski definition) is 3. The Balaban J connectivity index is 0.00000264. The Morgan fingerprint density at radius 1 is 1.25 bits per heavy atom. The number of rotatable bonds is 7. The second-order valence-electron chi connectivity index (χ2n) is 6.20. The molecule has 1 aliphatic heterocycles. The summed E-state index contributed by atoms with van der Waals surface area (Å²) in [5.74, 6) is 0.801. The zero-order chi connectivity index (χ0) is 15.9. The highest BCUT2D eigenvalue weighted by Gasteiger charge is 2.28. The number of likely N-dealkylation sites (tertiary alicyclic amines) is 1. The van der Waals surface area contributed by atoms with Crippen molar-refractivity contribution in [2.45, 2.75) is 32.7 Å². The fourth-order valence-electron chi connectivity index (χ4n) is 3.19. The van der Waals surface area contributed by atoms with Crippen molar-refractivity contribution in [2.75, 3.05) is 32.7 Å². The minimum absolute atomic E-state index is 0.